The molecular weight excluding hydrogens is 308 g/mol. The number of methoxy groups -OCH3 is 2. The number of carbonyl (C=O) groups is 1. The van der Waals surface area contributed by atoms with Crippen molar-refractivity contribution in [3.8, 4) is 17.2 Å². The first-order valence-corrected chi connectivity index (χ1v) is 7.60. The van der Waals surface area contributed by atoms with Crippen LogP contribution < -0.4 is 25.3 Å². The van der Waals surface area contributed by atoms with E-state index >= 15 is 0 Å². The van der Waals surface area contributed by atoms with Gasteiger partial charge in [0.1, 0.15) is 5.75 Å². The van der Waals surface area contributed by atoms with Crippen LogP contribution in [0.5, 0.6) is 17.2 Å². The largest absolute Gasteiger partial charge is 0.494 e. The van der Waals surface area contributed by atoms with Gasteiger partial charge < -0.3 is 25.3 Å². The zero-order valence-electron chi connectivity index (χ0n) is 14.1. The fourth-order valence-corrected chi connectivity index (χ4v) is 2.25. The zero-order chi connectivity index (χ0) is 17.5. The van der Waals surface area contributed by atoms with E-state index in [0.29, 0.717) is 29.5 Å². The molecular formula is C18H22N2O4. The van der Waals surface area contributed by atoms with Crippen LogP contribution >= 0.6 is 0 Å². The Morgan fingerprint density at radius 2 is 1.71 bits per heavy atom. The fourth-order valence-electron chi connectivity index (χ4n) is 2.25. The highest BCUT2D eigenvalue weighted by Crippen LogP contribution is 2.34. The van der Waals surface area contributed by atoms with Gasteiger partial charge in [-0.2, -0.15) is 0 Å². The van der Waals surface area contributed by atoms with Crippen LogP contribution in [0.25, 0.3) is 0 Å². The van der Waals surface area contributed by atoms with Gasteiger partial charge in [-0.3, -0.25) is 4.79 Å². The van der Waals surface area contributed by atoms with Crippen molar-refractivity contribution >= 4 is 17.3 Å². The van der Waals surface area contributed by atoms with Gasteiger partial charge >= 0.3 is 0 Å². The van der Waals surface area contributed by atoms with E-state index in [1.807, 2.05) is 31.2 Å². The molecule has 6 heteroatoms. The highest BCUT2D eigenvalue weighted by Gasteiger charge is 2.12. The number of benzene rings is 2. The van der Waals surface area contributed by atoms with E-state index in [9.17, 15) is 4.79 Å². The lowest BCUT2D eigenvalue weighted by Gasteiger charge is -2.13. The van der Waals surface area contributed by atoms with Gasteiger partial charge in [-0.25, -0.2) is 0 Å². The first-order chi connectivity index (χ1) is 11.6. The zero-order valence-corrected chi connectivity index (χ0v) is 14.1. The number of nitrogen functional groups attached to an aromatic ring is 1. The van der Waals surface area contributed by atoms with Crippen molar-refractivity contribution in [2.75, 3.05) is 31.9 Å². The third-order valence-corrected chi connectivity index (χ3v) is 3.43. The third kappa shape index (κ3) is 4.32. The molecule has 0 aliphatic heterocycles. The lowest BCUT2D eigenvalue weighted by molar-refractivity contribution is -0.115. The maximum Gasteiger partial charge on any atom is 0.228 e. The number of nitrogens with one attached hydrogen (secondary N) is 1. The Labute approximate surface area is 141 Å². The summed E-state index contributed by atoms with van der Waals surface area (Å²) in [4.78, 5) is 12.2. The van der Waals surface area contributed by atoms with E-state index in [-0.39, 0.29) is 12.3 Å². The monoisotopic (exact) mass is 330 g/mol. The van der Waals surface area contributed by atoms with E-state index < -0.39 is 0 Å². The number of hydrogen-bond acceptors (Lipinski definition) is 5. The topological polar surface area (TPSA) is 82.8 Å². The Kier molecular flexibility index (Phi) is 5.89. The van der Waals surface area contributed by atoms with Gasteiger partial charge in [0.05, 0.1) is 38.6 Å². The molecule has 0 spiro atoms. The summed E-state index contributed by atoms with van der Waals surface area (Å²) in [6, 6.07) is 10.7. The minimum Gasteiger partial charge on any atom is -0.494 e. The average molecular weight is 330 g/mol. The first-order valence-electron chi connectivity index (χ1n) is 7.60. The summed E-state index contributed by atoms with van der Waals surface area (Å²) in [5.41, 5.74) is 7.73. The first kappa shape index (κ1) is 17.5. The number of hydrogen-bond donors (Lipinski definition) is 2. The smallest absolute Gasteiger partial charge is 0.228 e. The molecule has 1 amide bonds. The number of amides is 1. The Balaban J connectivity index is 2.06. The van der Waals surface area contributed by atoms with Crippen molar-refractivity contribution in [3.05, 3.63) is 42.0 Å². The number of ether oxygens (including phenoxy) is 3. The lowest BCUT2D eigenvalue weighted by Crippen LogP contribution is -2.15. The maximum atomic E-state index is 12.2. The molecule has 0 bridgehead atoms. The molecule has 24 heavy (non-hydrogen) atoms. The summed E-state index contributed by atoms with van der Waals surface area (Å²) in [6.07, 6.45) is 0.236. The molecule has 0 saturated carbocycles. The maximum absolute atomic E-state index is 12.2. The Bertz CT molecular complexity index is 699. The SMILES string of the molecule is CCOc1ccc(CC(=O)Nc2cc(OC)c(OC)cc2N)cc1. The van der Waals surface area contributed by atoms with Crippen LogP contribution in [-0.2, 0) is 11.2 Å². The summed E-state index contributed by atoms with van der Waals surface area (Å²) >= 11 is 0. The summed E-state index contributed by atoms with van der Waals surface area (Å²) in [5, 5.41) is 2.79. The van der Waals surface area contributed by atoms with Crippen LogP contribution in [0.4, 0.5) is 11.4 Å². The van der Waals surface area contributed by atoms with Crippen LogP contribution in [0.3, 0.4) is 0 Å². The number of carbonyl (C=O) groups excluding carboxylic acids is 1. The normalized spacial score (nSPS) is 10.1. The van der Waals surface area contributed by atoms with Gasteiger partial charge in [-0.05, 0) is 24.6 Å². The molecule has 128 valence electrons. The second kappa shape index (κ2) is 8.10. The Morgan fingerprint density at radius 1 is 1.08 bits per heavy atom. The van der Waals surface area contributed by atoms with Crippen molar-refractivity contribution in [3.63, 3.8) is 0 Å². The molecule has 0 aliphatic carbocycles. The molecule has 0 radical (unpaired) electrons. The molecule has 2 rings (SSSR count). The van der Waals surface area contributed by atoms with Gasteiger partial charge in [-0.1, -0.05) is 12.1 Å². The van der Waals surface area contributed by atoms with E-state index in [4.69, 9.17) is 19.9 Å². The van der Waals surface area contributed by atoms with Crippen molar-refractivity contribution in [1.29, 1.82) is 0 Å². The van der Waals surface area contributed by atoms with Crippen LogP contribution in [0.2, 0.25) is 0 Å². The predicted molar refractivity (Wildman–Crippen MR) is 93.9 cm³/mol. The molecule has 2 aromatic rings. The average Bonchev–Trinajstić information content (AvgIpc) is 2.58. The third-order valence-electron chi connectivity index (χ3n) is 3.43. The van der Waals surface area contributed by atoms with Crippen LogP contribution in [-0.4, -0.2) is 26.7 Å². The standard InChI is InChI=1S/C18H22N2O4/c1-4-24-13-7-5-12(6-8-13)9-18(21)20-15-11-17(23-3)16(22-2)10-14(15)19/h5-8,10-11H,4,9,19H2,1-3H3,(H,20,21). The molecule has 0 fully saturated rings. The highest BCUT2D eigenvalue weighted by molar-refractivity contribution is 5.95. The van der Waals surface area contributed by atoms with Crippen LogP contribution in [0.15, 0.2) is 36.4 Å². The van der Waals surface area contributed by atoms with Gasteiger partial charge in [0.25, 0.3) is 0 Å². The molecule has 3 N–H and O–H groups in total. The van der Waals surface area contributed by atoms with Gasteiger partial charge in [-0.15, -0.1) is 0 Å². The van der Waals surface area contributed by atoms with Crippen molar-refractivity contribution in [1.82, 2.24) is 0 Å². The van der Waals surface area contributed by atoms with Crippen LogP contribution in [0.1, 0.15) is 12.5 Å². The Hall–Kier alpha value is -2.89. The lowest BCUT2D eigenvalue weighted by atomic mass is 10.1. The summed E-state index contributed by atoms with van der Waals surface area (Å²) in [5.74, 6) is 1.63. The van der Waals surface area contributed by atoms with E-state index in [1.54, 1.807) is 12.1 Å². The summed E-state index contributed by atoms with van der Waals surface area (Å²) in [6.45, 7) is 2.54. The van der Waals surface area contributed by atoms with E-state index in [2.05, 4.69) is 5.32 Å². The quantitative estimate of drug-likeness (QED) is 0.763. The van der Waals surface area contributed by atoms with Gasteiger partial charge in [0.15, 0.2) is 11.5 Å². The van der Waals surface area contributed by atoms with Gasteiger partial charge in [0.2, 0.25) is 5.91 Å². The molecule has 2 aromatic carbocycles. The van der Waals surface area contributed by atoms with Crippen molar-refractivity contribution in [2.24, 2.45) is 0 Å². The number of anilines is 2. The molecule has 0 unspecified atom stereocenters. The fraction of sp³-hybridized carbons (Fsp3) is 0.278. The molecule has 0 atom stereocenters. The summed E-state index contributed by atoms with van der Waals surface area (Å²) < 4.78 is 15.8. The Morgan fingerprint density at radius 3 is 2.29 bits per heavy atom. The van der Waals surface area contributed by atoms with Crippen molar-refractivity contribution < 1.29 is 19.0 Å². The minimum atomic E-state index is -0.168. The molecule has 6 nitrogen and oxygen atoms in total. The highest BCUT2D eigenvalue weighted by atomic mass is 16.5. The number of rotatable bonds is 7. The molecule has 0 heterocycles. The molecule has 0 aromatic heterocycles. The molecule has 0 aliphatic rings. The number of nitrogens with two attached hydrogens (primary N) is 1. The molecule has 0 saturated heterocycles. The summed E-state index contributed by atoms with van der Waals surface area (Å²) in [7, 11) is 3.06. The van der Waals surface area contributed by atoms with E-state index in [0.717, 1.165) is 11.3 Å². The second-order valence-corrected chi connectivity index (χ2v) is 5.10. The van der Waals surface area contributed by atoms with Crippen molar-refractivity contribution in [2.45, 2.75) is 13.3 Å². The van der Waals surface area contributed by atoms with E-state index in [1.165, 1.54) is 14.2 Å². The van der Waals surface area contributed by atoms with Crippen LogP contribution in [0, 0.1) is 0 Å². The minimum absolute atomic E-state index is 0.168. The van der Waals surface area contributed by atoms with Gasteiger partial charge in [0, 0.05) is 12.1 Å². The predicted octanol–water partition coefficient (Wildman–Crippen LogP) is 2.87. The second-order valence-electron chi connectivity index (χ2n) is 5.10.